The number of benzene rings is 1. The summed E-state index contributed by atoms with van der Waals surface area (Å²) in [5.41, 5.74) is 1.22. The molecule has 0 atom stereocenters. The molecule has 1 rings (SSSR count). The number of rotatable bonds is 4. The normalized spacial score (nSPS) is 11.3. The molecule has 0 aromatic heterocycles. The minimum atomic E-state index is -0.821. The zero-order valence-corrected chi connectivity index (χ0v) is 11.4. The topological polar surface area (TPSA) is 46.5 Å². The molecule has 4 heteroatoms. The Labute approximate surface area is 106 Å². The monoisotopic (exact) mass is 254 g/mol. The van der Waals surface area contributed by atoms with Gasteiger partial charge < -0.3 is 9.84 Å². The third-order valence-electron chi connectivity index (χ3n) is 2.38. The lowest BCUT2D eigenvalue weighted by Crippen LogP contribution is -2.11. The van der Waals surface area contributed by atoms with Gasteiger partial charge in [-0.15, -0.1) is 11.8 Å². The fourth-order valence-corrected chi connectivity index (χ4v) is 2.18. The Hall–Kier alpha value is -1.16. The van der Waals surface area contributed by atoms with Gasteiger partial charge in [0.2, 0.25) is 0 Å². The minimum Gasteiger partial charge on any atom is -0.496 e. The molecule has 0 aliphatic rings. The molecule has 0 unspecified atom stereocenters. The maximum atomic E-state index is 10.6. The van der Waals surface area contributed by atoms with Crippen LogP contribution >= 0.6 is 11.8 Å². The Bertz CT molecular complexity index is 408. The van der Waals surface area contributed by atoms with Gasteiger partial charge in [-0.05, 0) is 23.1 Å². The van der Waals surface area contributed by atoms with Crippen molar-refractivity contribution in [2.24, 2.45) is 0 Å². The Morgan fingerprint density at radius 3 is 2.53 bits per heavy atom. The van der Waals surface area contributed by atoms with Crippen LogP contribution in [0.3, 0.4) is 0 Å². The molecule has 94 valence electrons. The molecule has 0 radical (unpaired) electrons. The first kappa shape index (κ1) is 13.9. The first-order valence-corrected chi connectivity index (χ1v) is 6.36. The second-order valence-corrected chi connectivity index (χ2v) is 5.82. The fourth-order valence-electron chi connectivity index (χ4n) is 1.40. The maximum Gasteiger partial charge on any atom is 0.313 e. The van der Waals surface area contributed by atoms with Crippen LogP contribution in [-0.2, 0) is 10.2 Å². The van der Waals surface area contributed by atoms with Crippen LogP contribution in [0.25, 0.3) is 0 Å². The van der Waals surface area contributed by atoms with Crippen molar-refractivity contribution in [1.82, 2.24) is 0 Å². The molecule has 0 amide bonds. The Morgan fingerprint density at radius 2 is 2.06 bits per heavy atom. The number of ether oxygens (including phenoxy) is 1. The quantitative estimate of drug-likeness (QED) is 0.838. The van der Waals surface area contributed by atoms with E-state index in [1.54, 1.807) is 7.11 Å². The summed E-state index contributed by atoms with van der Waals surface area (Å²) in [7, 11) is 1.59. The molecule has 1 N–H and O–H groups in total. The maximum absolute atomic E-state index is 10.6. The van der Waals surface area contributed by atoms with E-state index < -0.39 is 5.97 Å². The number of thioether (sulfide) groups is 1. The summed E-state index contributed by atoms with van der Waals surface area (Å²) in [6.45, 7) is 6.38. The standard InChI is InChI=1S/C13H18O3S/c1-13(2,3)9-5-6-10(16-4)11(7-9)17-8-12(14)15/h5-7H,8H2,1-4H3,(H,14,15). The van der Waals surface area contributed by atoms with Crippen molar-refractivity contribution >= 4 is 17.7 Å². The SMILES string of the molecule is COc1ccc(C(C)(C)C)cc1SCC(=O)O. The first-order valence-electron chi connectivity index (χ1n) is 5.37. The highest BCUT2D eigenvalue weighted by Crippen LogP contribution is 2.34. The van der Waals surface area contributed by atoms with Crippen LogP contribution in [0.4, 0.5) is 0 Å². The fraction of sp³-hybridized carbons (Fsp3) is 0.462. The zero-order chi connectivity index (χ0) is 13.1. The van der Waals surface area contributed by atoms with E-state index in [0.717, 1.165) is 10.6 Å². The molecule has 0 bridgehead atoms. The summed E-state index contributed by atoms with van der Waals surface area (Å²) in [4.78, 5) is 11.5. The van der Waals surface area contributed by atoms with Crippen molar-refractivity contribution < 1.29 is 14.6 Å². The van der Waals surface area contributed by atoms with Crippen LogP contribution in [0.1, 0.15) is 26.3 Å². The van der Waals surface area contributed by atoms with Crippen LogP contribution in [0.15, 0.2) is 23.1 Å². The van der Waals surface area contributed by atoms with E-state index in [1.165, 1.54) is 17.3 Å². The molecule has 0 spiro atoms. The van der Waals surface area contributed by atoms with Gasteiger partial charge in [-0.1, -0.05) is 26.8 Å². The number of carboxylic acid groups (broad SMARTS) is 1. The molecule has 0 fully saturated rings. The summed E-state index contributed by atoms with van der Waals surface area (Å²) in [6, 6.07) is 5.92. The van der Waals surface area contributed by atoms with E-state index in [9.17, 15) is 4.79 Å². The average Bonchev–Trinajstić information content (AvgIpc) is 2.24. The highest BCUT2D eigenvalue weighted by atomic mass is 32.2. The third-order valence-corrected chi connectivity index (χ3v) is 3.40. The summed E-state index contributed by atoms with van der Waals surface area (Å²) in [5.74, 6) is -0.0493. The predicted molar refractivity (Wildman–Crippen MR) is 70.1 cm³/mol. The molecule has 0 saturated carbocycles. The molecule has 0 heterocycles. The zero-order valence-electron chi connectivity index (χ0n) is 10.6. The third kappa shape index (κ3) is 3.97. The van der Waals surface area contributed by atoms with Gasteiger partial charge in [-0.3, -0.25) is 4.79 Å². The molecule has 1 aromatic rings. The summed E-state index contributed by atoms with van der Waals surface area (Å²) in [5, 5.41) is 8.71. The molecular weight excluding hydrogens is 236 g/mol. The van der Waals surface area contributed by atoms with Gasteiger partial charge in [0.15, 0.2) is 0 Å². The lowest BCUT2D eigenvalue weighted by atomic mass is 9.87. The van der Waals surface area contributed by atoms with Gasteiger partial charge in [-0.2, -0.15) is 0 Å². The van der Waals surface area contributed by atoms with Crippen LogP contribution in [0.2, 0.25) is 0 Å². The lowest BCUT2D eigenvalue weighted by Gasteiger charge is -2.20. The van der Waals surface area contributed by atoms with Crippen LogP contribution in [0.5, 0.6) is 5.75 Å². The van der Waals surface area contributed by atoms with Crippen molar-refractivity contribution in [3.63, 3.8) is 0 Å². The molecule has 1 aromatic carbocycles. The molecule has 0 saturated heterocycles. The van der Waals surface area contributed by atoms with Gasteiger partial charge in [0.1, 0.15) is 5.75 Å². The number of methoxy groups -OCH3 is 1. The number of aliphatic carboxylic acids is 1. The van der Waals surface area contributed by atoms with E-state index >= 15 is 0 Å². The number of carboxylic acids is 1. The largest absolute Gasteiger partial charge is 0.496 e. The van der Waals surface area contributed by atoms with E-state index in [2.05, 4.69) is 20.8 Å². The van der Waals surface area contributed by atoms with Crippen molar-refractivity contribution in [2.45, 2.75) is 31.1 Å². The number of carbonyl (C=O) groups is 1. The summed E-state index contributed by atoms with van der Waals surface area (Å²) >= 11 is 1.29. The average molecular weight is 254 g/mol. The van der Waals surface area contributed by atoms with Crippen molar-refractivity contribution in [3.8, 4) is 5.75 Å². The second kappa shape index (κ2) is 5.45. The van der Waals surface area contributed by atoms with Gasteiger partial charge in [0.05, 0.1) is 17.8 Å². The number of hydrogen-bond acceptors (Lipinski definition) is 3. The van der Waals surface area contributed by atoms with Gasteiger partial charge >= 0.3 is 5.97 Å². The molecule has 3 nitrogen and oxygen atoms in total. The highest BCUT2D eigenvalue weighted by Gasteiger charge is 2.16. The molecular formula is C13H18O3S. The predicted octanol–water partition coefficient (Wildman–Crippen LogP) is 3.17. The van der Waals surface area contributed by atoms with E-state index in [4.69, 9.17) is 9.84 Å². The van der Waals surface area contributed by atoms with E-state index in [-0.39, 0.29) is 11.2 Å². The van der Waals surface area contributed by atoms with Gasteiger partial charge in [-0.25, -0.2) is 0 Å². The smallest absolute Gasteiger partial charge is 0.313 e. The van der Waals surface area contributed by atoms with Crippen LogP contribution in [0, 0.1) is 0 Å². The first-order chi connectivity index (χ1) is 7.84. The van der Waals surface area contributed by atoms with Crippen LogP contribution in [-0.4, -0.2) is 23.9 Å². The van der Waals surface area contributed by atoms with Crippen molar-refractivity contribution in [3.05, 3.63) is 23.8 Å². The minimum absolute atomic E-state index is 0.0456. The Morgan fingerprint density at radius 1 is 1.41 bits per heavy atom. The van der Waals surface area contributed by atoms with Gasteiger partial charge in [0, 0.05) is 0 Å². The van der Waals surface area contributed by atoms with Crippen molar-refractivity contribution in [1.29, 1.82) is 0 Å². The molecule has 17 heavy (non-hydrogen) atoms. The number of hydrogen-bond donors (Lipinski definition) is 1. The summed E-state index contributed by atoms with van der Waals surface area (Å²) in [6.07, 6.45) is 0. The van der Waals surface area contributed by atoms with E-state index in [1.807, 2.05) is 18.2 Å². The molecule has 0 aliphatic carbocycles. The lowest BCUT2D eigenvalue weighted by molar-refractivity contribution is -0.133. The van der Waals surface area contributed by atoms with Gasteiger partial charge in [0.25, 0.3) is 0 Å². The molecule has 0 aliphatic heterocycles. The highest BCUT2D eigenvalue weighted by molar-refractivity contribution is 8.00. The summed E-state index contributed by atoms with van der Waals surface area (Å²) < 4.78 is 5.23. The van der Waals surface area contributed by atoms with Crippen LogP contribution < -0.4 is 4.74 Å². The Kier molecular flexibility index (Phi) is 4.46. The van der Waals surface area contributed by atoms with Crippen molar-refractivity contribution in [2.75, 3.05) is 12.9 Å². The van der Waals surface area contributed by atoms with E-state index in [0.29, 0.717) is 0 Å². The Balaban J connectivity index is 3.02. The second-order valence-electron chi connectivity index (χ2n) is 4.80.